The van der Waals surface area contributed by atoms with Gasteiger partial charge in [0.15, 0.2) is 0 Å². The molecule has 1 heterocycles. The minimum atomic E-state index is -0.0506. The Kier molecular flexibility index (Phi) is 4.87. The van der Waals surface area contributed by atoms with Gasteiger partial charge < -0.3 is 5.32 Å². The molecule has 2 aromatic carbocycles. The minimum Gasteiger partial charge on any atom is -0.326 e. The number of rotatable bonds is 5. The van der Waals surface area contributed by atoms with E-state index in [0.717, 1.165) is 18.8 Å². The Hall–Kier alpha value is -2.72. The number of hydrogen-bond acceptors (Lipinski definition) is 3. The van der Waals surface area contributed by atoms with E-state index >= 15 is 0 Å². The van der Waals surface area contributed by atoms with Gasteiger partial charge in [0, 0.05) is 43.5 Å². The third-order valence-corrected chi connectivity index (χ3v) is 3.94. The first-order valence-corrected chi connectivity index (χ1v) is 7.98. The summed E-state index contributed by atoms with van der Waals surface area (Å²) in [4.78, 5) is 17.5. The molecule has 1 aromatic heterocycles. The summed E-state index contributed by atoms with van der Waals surface area (Å²) in [6.07, 6.45) is 3.74. The molecular formula is C20H21N3O. The Morgan fingerprint density at radius 2 is 1.88 bits per heavy atom. The maximum atomic E-state index is 11.1. The molecule has 0 aliphatic heterocycles. The number of anilines is 1. The second kappa shape index (κ2) is 7.23. The topological polar surface area (TPSA) is 45.2 Å². The summed E-state index contributed by atoms with van der Waals surface area (Å²) in [5.41, 5.74) is 3.34. The summed E-state index contributed by atoms with van der Waals surface area (Å²) in [6.45, 7) is 3.23. The number of aromatic nitrogens is 1. The van der Waals surface area contributed by atoms with Crippen molar-refractivity contribution in [2.45, 2.75) is 20.0 Å². The van der Waals surface area contributed by atoms with Crippen LogP contribution in [0.1, 0.15) is 18.1 Å². The Bertz CT molecular complexity index is 838. The number of benzene rings is 2. The van der Waals surface area contributed by atoms with Gasteiger partial charge in [-0.3, -0.25) is 14.7 Å². The van der Waals surface area contributed by atoms with Crippen LogP contribution in [0, 0.1) is 0 Å². The van der Waals surface area contributed by atoms with Gasteiger partial charge in [-0.25, -0.2) is 0 Å². The van der Waals surface area contributed by atoms with Crippen molar-refractivity contribution in [3.05, 3.63) is 72.1 Å². The monoisotopic (exact) mass is 319 g/mol. The lowest BCUT2D eigenvalue weighted by Crippen LogP contribution is -2.17. The fraction of sp³-hybridized carbons (Fsp3) is 0.200. The smallest absolute Gasteiger partial charge is 0.221 e. The summed E-state index contributed by atoms with van der Waals surface area (Å²) in [5.74, 6) is -0.0506. The van der Waals surface area contributed by atoms with Crippen LogP contribution in [0.5, 0.6) is 0 Å². The van der Waals surface area contributed by atoms with Gasteiger partial charge in [-0.1, -0.05) is 30.3 Å². The molecule has 0 fully saturated rings. The molecule has 4 nitrogen and oxygen atoms in total. The van der Waals surface area contributed by atoms with E-state index in [1.807, 2.05) is 24.5 Å². The Labute approximate surface area is 142 Å². The van der Waals surface area contributed by atoms with E-state index in [1.165, 1.54) is 28.8 Å². The van der Waals surface area contributed by atoms with Crippen LogP contribution in [0.4, 0.5) is 5.69 Å². The zero-order valence-corrected chi connectivity index (χ0v) is 14.0. The summed E-state index contributed by atoms with van der Waals surface area (Å²) >= 11 is 0. The number of carbonyl (C=O) groups is 1. The molecule has 1 amide bonds. The molecule has 0 aliphatic rings. The van der Waals surface area contributed by atoms with Crippen LogP contribution in [0.25, 0.3) is 10.8 Å². The molecule has 4 heteroatoms. The van der Waals surface area contributed by atoms with Gasteiger partial charge in [0.2, 0.25) is 5.91 Å². The standard InChI is InChI=1S/C20H21N3O/c1-15(24)22-19-8-6-16(7-9-19)13-23(2)14-18-5-3-4-17-12-21-11-10-20(17)18/h3-12H,13-14H2,1-2H3,(H,22,24). The molecule has 24 heavy (non-hydrogen) atoms. The SMILES string of the molecule is CC(=O)Nc1ccc(CN(C)Cc2cccc3cnccc23)cc1. The van der Waals surface area contributed by atoms with E-state index in [9.17, 15) is 4.79 Å². The van der Waals surface area contributed by atoms with Crippen molar-refractivity contribution in [1.82, 2.24) is 9.88 Å². The second-order valence-electron chi connectivity index (χ2n) is 6.06. The zero-order chi connectivity index (χ0) is 16.9. The summed E-state index contributed by atoms with van der Waals surface area (Å²) in [6, 6.07) is 16.4. The fourth-order valence-corrected chi connectivity index (χ4v) is 2.88. The molecule has 0 aliphatic carbocycles. The number of pyridine rings is 1. The van der Waals surface area contributed by atoms with Crippen molar-refractivity contribution < 1.29 is 4.79 Å². The van der Waals surface area contributed by atoms with Crippen molar-refractivity contribution in [1.29, 1.82) is 0 Å². The third kappa shape index (κ3) is 3.97. The number of fused-ring (bicyclic) bond motifs is 1. The molecule has 0 atom stereocenters. The van der Waals surface area contributed by atoms with Gasteiger partial charge in [-0.15, -0.1) is 0 Å². The van der Waals surface area contributed by atoms with Crippen molar-refractivity contribution >= 4 is 22.4 Å². The second-order valence-corrected chi connectivity index (χ2v) is 6.06. The van der Waals surface area contributed by atoms with Crippen molar-refractivity contribution in [2.75, 3.05) is 12.4 Å². The quantitative estimate of drug-likeness (QED) is 0.777. The van der Waals surface area contributed by atoms with Crippen LogP contribution in [0.3, 0.4) is 0 Å². The summed E-state index contributed by atoms with van der Waals surface area (Å²) < 4.78 is 0. The molecule has 0 saturated carbocycles. The Balaban J connectivity index is 1.68. The molecule has 0 bridgehead atoms. The molecule has 0 unspecified atom stereocenters. The number of nitrogens with zero attached hydrogens (tertiary/aromatic N) is 2. The lowest BCUT2D eigenvalue weighted by atomic mass is 10.1. The van der Waals surface area contributed by atoms with Gasteiger partial charge in [0.05, 0.1) is 0 Å². The predicted octanol–water partition coefficient (Wildman–Crippen LogP) is 3.83. The lowest BCUT2D eigenvalue weighted by molar-refractivity contribution is -0.114. The maximum Gasteiger partial charge on any atom is 0.221 e. The molecule has 1 N–H and O–H groups in total. The predicted molar refractivity (Wildman–Crippen MR) is 97.7 cm³/mol. The molecule has 0 saturated heterocycles. The number of amides is 1. The lowest BCUT2D eigenvalue weighted by Gasteiger charge is -2.18. The first kappa shape index (κ1) is 16.1. The number of carbonyl (C=O) groups excluding carboxylic acids is 1. The van der Waals surface area contributed by atoms with Crippen molar-refractivity contribution in [3.8, 4) is 0 Å². The average Bonchev–Trinajstić information content (AvgIpc) is 2.56. The van der Waals surface area contributed by atoms with E-state index in [0.29, 0.717) is 0 Å². The largest absolute Gasteiger partial charge is 0.326 e. The highest BCUT2D eigenvalue weighted by atomic mass is 16.1. The molecule has 0 radical (unpaired) electrons. The molecule has 3 aromatic rings. The minimum absolute atomic E-state index is 0.0506. The number of hydrogen-bond donors (Lipinski definition) is 1. The molecule has 0 spiro atoms. The normalized spacial score (nSPS) is 11.0. The fourth-order valence-electron chi connectivity index (χ4n) is 2.88. The van der Waals surface area contributed by atoms with Gasteiger partial charge in [-0.2, -0.15) is 0 Å². The van der Waals surface area contributed by atoms with Crippen LogP contribution in [-0.4, -0.2) is 22.8 Å². The van der Waals surface area contributed by atoms with Gasteiger partial charge in [-0.05, 0) is 41.8 Å². The summed E-state index contributed by atoms with van der Waals surface area (Å²) in [5, 5.41) is 5.21. The average molecular weight is 319 g/mol. The van der Waals surface area contributed by atoms with Crippen LogP contribution in [0.2, 0.25) is 0 Å². The highest BCUT2D eigenvalue weighted by Crippen LogP contribution is 2.19. The number of nitrogens with one attached hydrogen (secondary N) is 1. The van der Waals surface area contributed by atoms with E-state index < -0.39 is 0 Å². The first-order valence-electron chi connectivity index (χ1n) is 7.98. The third-order valence-electron chi connectivity index (χ3n) is 3.94. The van der Waals surface area contributed by atoms with Crippen molar-refractivity contribution in [3.63, 3.8) is 0 Å². The first-order chi connectivity index (χ1) is 11.6. The van der Waals surface area contributed by atoms with E-state index in [1.54, 1.807) is 0 Å². The van der Waals surface area contributed by atoms with Crippen molar-refractivity contribution in [2.24, 2.45) is 0 Å². The van der Waals surface area contributed by atoms with Gasteiger partial charge in [0.25, 0.3) is 0 Å². The van der Waals surface area contributed by atoms with E-state index in [4.69, 9.17) is 0 Å². The Morgan fingerprint density at radius 1 is 1.08 bits per heavy atom. The molecule has 122 valence electrons. The Morgan fingerprint density at radius 3 is 2.62 bits per heavy atom. The van der Waals surface area contributed by atoms with Gasteiger partial charge in [0.1, 0.15) is 0 Å². The van der Waals surface area contributed by atoms with Crippen LogP contribution < -0.4 is 5.32 Å². The van der Waals surface area contributed by atoms with Crippen LogP contribution in [-0.2, 0) is 17.9 Å². The molecule has 3 rings (SSSR count). The van der Waals surface area contributed by atoms with Crippen LogP contribution in [0.15, 0.2) is 60.9 Å². The zero-order valence-electron chi connectivity index (χ0n) is 14.0. The maximum absolute atomic E-state index is 11.1. The van der Waals surface area contributed by atoms with Crippen LogP contribution >= 0.6 is 0 Å². The summed E-state index contributed by atoms with van der Waals surface area (Å²) in [7, 11) is 2.11. The van der Waals surface area contributed by atoms with E-state index in [2.05, 4.69) is 58.6 Å². The highest BCUT2D eigenvalue weighted by Gasteiger charge is 2.06. The van der Waals surface area contributed by atoms with Gasteiger partial charge >= 0.3 is 0 Å². The highest BCUT2D eigenvalue weighted by molar-refractivity contribution is 5.88. The van der Waals surface area contributed by atoms with E-state index in [-0.39, 0.29) is 5.91 Å². The molecular weight excluding hydrogens is 298 g/mol.